The molecule has 1 rings (SSSR count). The van der Waals surface area contributed by atoms with Gasteiger partial charge in [0, 0.05) is 19.0 Å². The van der Waals surface area contributed by atoms with Gasteiger partial charge in [0.2, 0.25) is 0 Å². The Morgan fingerprint density at radius 3 is 2.50 bits per heavy atom. The van der Waals surface area contributed by atoms with E-state index in [4.69, 9.17) is 0 Å². The second-order valence-electron chi connectivity index (χ2n) is 2.19. The molecule has 0 spiro atoms. The van der Waals surface area contributed by atoms with Crippen LogP contribution in [0.4, 0.5) is 0 Å². The Hall–Kier alpha value is -0.960. The summed E-state index contributed by atoms with van der Waals surface area (Å²) in [5.41, 5.74) is 0. The Balaban J connectivity index is 2.64. The molecule has 0 amide bonds. The van der Waals surface area contributed by atoms with Gasteiger partial charge in [0.05, 0.1) is 0 Å². The van der Waals surface area contributed by atoms with E-state index < -0.39 is 0 Å². The van der Waals surface area contributed by atoms with Crippen molar-refractivity contribution in [1.82, 2.24) is 5.32 Å². The first-order valence-electron chi connectivity index (χ1n) is 3.74. The summed E-state index contributed by atoms with van der Waals surface area (Å²) in [4.78, 5) is 5.27. The molecule has 0 bridgehead atoms. The van der Waals surface area contributed by atoms with Gasteiger partial charge < -0.3 is 5.32 Å². The number of rotatable bonds is 1. The largest absolute Gasteiger partial charge is 0.368 e. The van der Waals surface area contributed by atoms with Crippen LogP contribution in [0.15, 0.2) is 40.2 Å². The van der Waals surface area contributed by atoms with Crippen molar-refractivity contribution in [2.45, 2.75) is 4.90 Å². The molecule has 0 fully saturated rings. The molecule has 0 saturated heterocycles. The Morgan fingerprint density at radius 2 is 2.00 bits per heavy atom. The molecule has 0 heterocycles. The first-order valence-corrected chi connectivity index (χ1v) is 4.56. The quantitative estimate of drug-likeness (QED) is 0.406. The summed E-state index contributed by atoms with van der Waals surface area (Å²) in [6.45, 7) is 0. The van der Waals surface area contributed by atoms with Gasteiger partial charge in [-0.05, 0) is 12.1 Å². The van der Waals surface area contributed by atoms with Gasteiger partial charge in [-0.2, -0.15) is 0 Å². The van der Waals surface area contributed by atoms with Crippen molar-refractivity contribution in [2.24, 2.45) is 4.99 Å². The molecule has 2 nitrogen and oxygen atoms in total. The van der Waals surface area contributed by atoms with Crippen LogP contribution in [0.2, 0.25) is 0 Å². The average molecular weight is 180 g/mol. The third kappa shape index (κ3) is 2.58. The number of hydrogen-bond acceptors (Lipinski definition) is 2. The van der Waals surface area contributed by atoms with Crippen LogP contribution in [0.25, 0.3) is 0 Å². The van der Waals surface area contributed by atoms with Crippen molar-refractivity contribution in [3.63, 3.8) is 0 Å². The van der Waals surface area contributed by atoms with E-state index in [9.17, 15) is 0 Å². The molecular weight excluding hydrogens is 168 g/mol. The molecule has 1 N–H and O–H groups in total. The molecule has 1 aromatic rings. The maximum absolute atomic E-state index is 4.07. The standard InChI is InChI=1S/C9H12N2S/c1-10-9(11-2)12-8-6-4-3-5-7-8/h3-7H,1-2H3,(H,10,11). The topological polar surface area (TPSA) is 24.4 Å². The second-order valence-corrected chi connectivity index (χ2v) is 3.26. The number of hydrogen-bond donors (Lipinski definition) is 1. The molecular formula is C9H12N2S. The van der Waals surface area contributed by atoms with E-state index >= 15 is 0 Å². The van der Waals surface area contributed by atoms with Crippen molar-refractivity contribution < 1.29 is 0 Å². The fraction of sp³-hybridized carbons (Fsp3) is 0.222. The summed E-state index contributed by atoms with van der Waals surface area (Å²) >= 11 is 1.63. The average Bonchev–Trinajstić information content (AvgIpc) is 2.16. The minimum atomic E-state index is 0.932. The highest BCUT2D eigenvalue weighted by atomic mass is 32.2. The smallest absolute Gasteiger partial charge is 0.160 e. The van der Waals surface area contributed by atoms with Crippen LogP contribution >= 0.6 is 11.8 Å². The Morgan fingerprint density at radius 1 is 1.33 bits per heavy atom. The highest BCUT2D eigenvalue weighted by Crippen LogP contribution is 2.16. The number of thioether (sulfide) groups is 1. The zero-order valence-electron chi connectivity index (χ0n) is 7.24. The molecule has 0 aromatic heterocycles. The molecule has 1 aromatic carbocycles. The lowest BCUT2D eigenvalue weighted by Crippen LogP contribution is -2.13. The van der Waals surface area contributed by atoms with Crippen molar-refractivity contribution in [2.75, 3.05) is 14.1 Å². The van der Waals surface area contributed by atoms with Crippen LogP contribution < -0.4 is 5.32 Å². The number of benzene rings is 1. The van der Waals surface area contributed by atoms with Crippen LogP contribution in [0.5, 0.6) is 0 Å². The predicted molar refractivity (Wildman–Crippen MR) is 54.7 cm³/mol. The van der Waals surface area contributed by atoms with E-state index in [1.165, 1.54) is 4.90 Å². The van der Waals surface area contributed by atoms with E-state index in [0.717, 1.165) is 5.17 Å². The number of nitrogens with one attached hydrogen (secondary N) is 1. The summed E-state index contributed by atoms with van der Waals surface area (Å²) in [7, 11) is 3.65. The summed E-state index contributed by atoms with van der Waals surface area (Å²) < 4.78 is 0. The summed E-state index contributed by atoms with van der Waals surface area (Å²) in [5, 5.41) is 3.94. The molecule has 0 unspecified atom stereocenters. The maximum Gasteiger partial charge on any atom is 0.160 e. The Bertz CT molecular complexity index is 256. The molecule has 0 aliphatic rings. The molecule has 0 radical (unpaired) electrons. The number of amidine groups is 1. The van der Waals surface area contributed by atoms with E-state index in [1.807, 2.05) is 25.2 Å². The van der Waals surface area contributed by atoms with Gasteiger partial charge in [-0.1, -0.05) is 30.0 Å². The van der Waals surface area contributed by atoms with Gasteiger partial charge in [-0.3, -0.25) is 4.99 Å². The third-order valence-electron chi connectivity index (χ3n) is 1.37. The van der Waals surface area contributed by atoms with Crippen LogP contribution in [0, 0.1) is 0 Å². The summed E-state index contributed by atoms with van der Waals surface area (Å²) in [6.07, 6.45) is 0. The second kappa shape index (κ2) is 4.83. The highest BCUT2D eigenvalue weighted by molar-refractivity contribution is 8.13. The molecule has 0 aliphatic carbocycles. The number of aliphatic imine (C=N–C) groups is 1. The summed E-state index contributed by atoms with van der Waals surface area (Å²) in [6, 6.07) is 10.2. The zero-order valence-corrected chi connectivity index (χ0v) is 8.06. The van der Waals surface area contributed by atoms with Crippen molar-refractivity contribution in [3.8, 4) is 0 Å². The van der Waals surface area contributed by atoms with Gasteiger partial charge in [0.15, 0.2) is 5.17 Å². The van der Waals surface area contributed by atoms with Gasteiger partial charge in [-0.15, -0.1) is 0 Å². The minimum Gasteiger partial charge on any atom is -0.368 e. The maximum atomic E-state index is 4.07. The third-order valence-corrected chi connectivity index (χ3v) is 2.46. The number of nitrogens with zero attached hydrogens (tertiary/aromatic N) is 1. The van der Waals surface area contributed by atoms with Gasteiger partial charge in [0.1, 0.15) is 0 Å². The molecule has 0 saturated carbocycles. The fourth-order valence-corrected chi connectivity index (χ4v) is 1.52. The lowest BCUT2D eigenvalue weighted by molar-refractivity contribution is 1.18. The molecule has 12 heavy (non-hydrogen) atoms. The first kappa shape index (κ1) is 9.13. The van der Waals surface area contributed by atoms with Crippen LogP contribution in [0.1, 0.15) is 0 Å². The molecule has 3 heteroatoms. The summed E-state index contributed by atoms with van der Waals surface area (Å²) in [5.74, 6) is 0. The predicted octanol–water partition coefficient (Wildman–Crippen LogP) is 1.98. The molecule has 0 atom stereocenters. The molecule has 64 valence electrons. The fourth-order valence-electron chi connectivity index (χ4n) is 0.809. The monoisotopic (exact) mass is 180 g/mol. The zero-order chi connectivity index (χ0) is 8.81. The normalized spacial score (nSPS) is 11.3. The highest BCUT2D eigenvalue weighted by Gasteiger charge is 1.96. The van der Waals surface area contributed by atoms with Crippen molar-refractivity contribution in [1.29, 1.82) is 0 Å². The lowest BCUT2D eigenvalue weighted by Gasteiger charge is -2.02. The Labute approximate surface area is 77.1 Å². The SMILES string of the molecule is CN=C(NC)Sc1ccccc1. The van der Waals surface area contributed by atoms with Crippen LogP contribution in [0.3, 0.4) is 0 Å². The van der Waals surface area contributed by atoms with Crippen molar-refractivity contribution in [3.05, 3.63) is 30.3 Å². The first-order chi connectivity index (χ1) is 5.86. The lowest BCUT2D eigenvalue weighted by atomic mass is 10.4. The van der Waals surface area contributed by atoms with E-state index in [2.05, 4.69) is 22.4 Å². The van der Waals surface area contributed by atoms with E-state index in [1.54, 1.807) is 18.8 Å². The van der Waals surface area contributed by atoms with Gasteiger partial charge in [-0.25, -0.2) is 0 Å². The van der Waals surface area contributed by atoms with Crippen LogP contribution in [-0.2, 0) is 0 Å². The Kier molecular flexibility index (Phi) is 3.67. The van der Waals surface area contributed by atoms with E-state index in [-0.39, 0.29) is 0 Å². The molecule has 0 aliphatic heterocycles. The minimum absolute atomic E-state index is 0.932. The van der Waals surface area contributed by atoms with Crippen LogP contribution in [-0.4, -0.2) is 19.3 Å². The van der Waals surface area contributed by atoms with E-state index in [0.29, 0.717) is 0 Å². The van der Waals surface area contributed by atoms with Crippen molar-refractivity contribution >= 4 is 16.9 Å². The van der Waals surface area contributed by atoms with Gasteiger partial charge in [0.25, 0.3) is 0 Å². The van der Waals surface area contributed by atoms with Gasteiger partial charge >= 0.3 is 0 Å².